The lowest BCUT2D eigenvalue weighted by Crippen LogP contribution is -2.51. The van der Waals surface area contributed by atoms with Crippen molar-refractivity contribution in [3.05, 3.63) is 34.9 Å². The summed E-state index contributed by atoms with van der Waals surface area (Å²) in [5.41, 5.74) is 3.55. The molecule has 1 N–H and O–H groups in total. The summed E-state index contributed by atoms with van der Waals surface area (Å²) in [5.74, 6) is 0.204. The molecule has 5 nitrogen and oxygen atoms in total. The fourth-order valence-electron chi connectivity index (χ4n) is 3.52. The fraction of sp³-hybridized carbons (Fsp3) is 0.579. The van der Waals surface area contributed by atoms with Gasteiger partial charge in [0.2, 0.25) is 5.91 Å². The summed E-state index contributed by atoms with van der Waals surface area (Å²) >= 11 is 0. The Labute approximate surface area is 156 Å². The molecule has 1 saturated heterocycles. The van der Waals surface area contributed by atoms with Gasteiger partial charge in [0.15, 0.2) is 0 Å². The van der Waals surface area contributed by atoms with Crippen molar-refractivity contribution >= 4 is 24.2 Å². The highest BCUT2D eigenvalue weighted by Crippen LogP contribution is 2.23. The molecule has 1 fully saturated rings. The summed E-state index contributed by atoms with van der Waals surface area (Å²) in [5, 5.41) is 2.90. The van der Waals surface area contributed by atoms with Crippen LogP contribution in [0.15, 0.2) is 18.2 Å². The Balaban J connectivity index is 0.00000225. The van der Waals surface area contributed by atoms with E-state index in [1.807, 2.05) is 17.9 Å². The first kappa shape index (κ1) is 19.7. The van der Waals surface area contributed by atoms with Crippen molar-refractivity contribution in [2.75, 3.05) is 39.3 Å². The number of rotatable bonds is 5. The van der Waals surface area contributed by atoms with E-state index in [-0.39, 0.29) is 24.2 Å². The van der Waals surface area contributed by atoms with Gasteiger partial charge in [0, 0.05) is 38.3 Å². The van der Waals surface area contributed by atoms with E-state index in [0.717, 1.165) is 44.5 Å². The molecule has 1 aliphatic heterocycles. The first-order valence-corrected chi connectivity index (χ1v) is 9.07. The number of aryl methyl sites for hydroxylation is 2. The maximum Gasteiger partial charge on any atom is 0.253 e. The van der Waals surface area contributed by atoms with Gasteiger partial charge in [-0.05, 0) is 48.9 Å². The van der Waals surface area contributed by atoms with Gasteiger partial charge >= 0.3 is 0 Å². The van der Waals surface area contributed by atoms with Crippen LogP contribution in [0.1, 0.15) is 41.3 Å². The van der Waals surface area contributed by atoms with Crippen LogP contribution in [0.2, 0.25) is 0 Å². The van der Waals surface area contributed by atoms with Gasteiger partial charge in [-0.2, -0.15) is 0 Å². The average Bonchev–Trinajstić information content (AvgIpc) is 3.07. The molecule has 1 aliphatic carbocycles. The van der Waals surface area contributed by atoms with Crippen LogP contribution >= 0.6 is 12.4 Å². The number of hydrogen-bond acceptors (Lipinski definition) is 3. The zero-order chi connectivity index (χ0) is 16.9. The van der Waals surface area contributed by atoms with Gasteiger partial charge in [-0.1, -0.05) is 13.0 Å². The Morgan fingerprint density at radius 2 is 1.80 bits per heavy atom. The molecule has 6 heteroatoms. The monoisotopic (exact) mass is 365 g/mol. The van der Waals surface area contributed by atoms with Gasteiger partial charge in [-0.25, -0.2) is 0 Å². The molecule has 0 unspecified atom stereocenters. The number of halogens is 1. The highest BCUT2D eigenvalue weighted by atomic mass is 35.5. The number of fused-ring (bicyclic) bond motifs is 1. The van der Waals surface area contributed by atoms with E-state index in [0.29, 0.717) is 19.6 Å². The molecule has 0 radical (unpaired) electrons. The predicted molar refractivity (Wildman–Crippen MR) is 101 cm³/mol. The molecule has 0 bridgehead atoms. The second-order valence-electron chi connectivity index (χ2n) is 6.76. The molecular formula is C19H28ClN3O2. The molecule has 3 rings (SSSR count). The second kappa shape index (κ2) is 9.20. The molecule has 138 valence electrons. The molecule has 25 heavy (non-hydrogen) atoms. The van der Waals surface area contributed by atoms with Crippen LogP contribution in [-0.2, 0) is 17.6 Å². The van der Waals surface area contributed by atoms with Gasteiger partial charge in [0.1, 0.15) is 0 Å². The van der Waals surface area contributed by atoms with Crippen LogP contribution in [0.5, 0.6) is 0 Å². The fourth-order valence-corrected chi connectivity index (χ4v) is 3.52. The van der Waals surface area contributed by atoms with E-state index in [1.54, 1.807) is 0 Å². The zero-order valence-electron chi connectivity index (χ0n) is 14.9. The van der Waals surface area contributed by atoms with Gasteiger partial charge in [0.05, 0.1) is 6.54 Å². The minimum Gasteiger partial charge on any atom is -0.355 e. The third-order valence-corrected chi connectivity index (χ3v) is 4.94. The van der Waals surface area contributed by atoms with Crippen LogP contribution in [0, 0.1) is 0 Å². The van der Waals surface area contributed by atoms with E-state index >= 15 is 0 Å². The summed E-state index contributed by atoms with van der Waals surface area (Å²) in [6.45, 7) is 6.11. The summed E-state index contributed by atoms with van der Waals surface area (Å²) in [6.07, 6.45) is 4.39. The summed E-state index contributed by atoms with van der Waals surface area (Å²) < 4.78 is 0. The standard InChI is InChI=1S/C19H27N3O2.ClH/c1-2-8-20-18(23)14-21-9-11-22(12-10-21)19(24)17-7-6-15-4-3-5-16(15)13-17;/h6-7,13H,2-5,8-12,14H2,1H3,(H,20,23);1H. The van der Waals surface area contributed by atoms with E-state index in [9.17, 15) is 9.59 Å². The normalized spacial score (nSPS) is 16.9. The quantitative estimate of drug-likeness (QED) is 0.866. The molecule has 0 aromatic heterocycles. The molecule has 1 aromatic carbocycles. The van der Waals surface area contributed by atoms with E-state index in [2.05, 4.69) is 22.3 Å². The van der Waals surface area contributed by atoms with Gasteiger partial charge in [-0.3, -0.25) is 14.5 Å². The number of carbonyl (C=O) groups is 2. The highest BCUT2D eigenvalue weighted by molar-refractivity contribution is 5.94. The van der Waals surface area contributed by atoms with Crippen LogP contribution in [-0.4, -0.2) is 60.9 Å². The van der Waals surface area contributed by atoms with Crippen LogP contribution in [0.25, 0.3) is 0 Å². The van der Waals surface area contributed by atoms with Crippen molar-refractivity contribution in [3.8, 4) is 0 Å². The van der Waals surface area contributed by atoms with Gasteiger partial charge in [0.25, 0.3) is 5.91 Å². The molecule has 2 amide bonds. The summed E-state index contributed by atoms with van der Waals surface area (Å²) in [4.78, 5) is 28.5. The Morgan fingerprint density at radius 1 is 1.08 bits per heavy atom. The lowest BCUT2D eigenvalue weighted by molar-refractivity contribution is -0.122. The number of nitrogens with zero attached hydrogens (tertiary/aromatic N) is 2. The lowest BCUT2D eigenvalue weighted by atomic mass is 10.1. The largest absolute Gasteiger partial charge is 0.355 e. The number of nitrogens with one attached hydrogen (secondary N) is 1. The predicted octanol–water partition coefficient (Wildman–Crippen LogP) is 1.88. The van der Waals surface area contributed by atoms with Gasteiger partial charge in [-0.15, -0.1) is 12.4 Å². The topological polar surface area (TPSA) is 52.7 Å². The second-order valence-corrected chi connectivity index (χ2v) is 6.76. The van der Waals surface area contributed by atoms with E-state index < -0.39 is 0 Å². The minimum atomic E-state index is 0. The maximum absolute atomic E-state index is 12.7. The van der Waals surface area contributed by atoms with E-state index in [4.69, 9.17) is 0 Å². The van der Waals surface area contributed by atoms with Crippen LogP contribution in [0.3, 0.4) is 0 Å². The first-order chi connectivity index (χ1) is 11.7. The van der Waals surface area contributed by atoms with Crippen molar-refractivity contribution in [2.45, 2.75) is 32.6 Å². The Hall–Kier alpha value is -1.59. The SMILES string of the molecule is CCCNC(=O)CN1CCN(C(=O)c2ccc3c(c2)CCC3)CC1.Cl. The summed E-state index contributed by atoms with van der Waals surface area (Å²) in [7, 11) is 0. The molecular weight excluding hydrogens is 338 g/mol. The maximum atomic E-state index is 12.7. The molecule has 1 heterocycles. The molecule has 0 saturated carbocycles. The number of piperazine rings is 1. The summed E-state index contributed by atoms with van der Waals surface area (Å²) in [6, 6.07) is 6.16. The Morgan fingerprint density at radius 3 is 2.52 bits per heavy atom. The van der Waals surface area contributed by atoms with Crippen LogP contribution in [0.4, 0.5) is 0 Å². The highest BCUT2D eigenvalue weighted by Gasteiger charge is 2.24. The number of carbonyl (C=O) groups excluding carboxylic acids is 2. The van der Waals surface area contributed by atoms with Crippen molar-refractivity contribution in [2.24, 2.45) is 0 Å². The third-order valence-electron chi connectivity index (χ3n) is 4.94. The Kier molecular flexibility index (Phi) is 7.26. The van der Waals surface area contributed by atoms with Crippen LogP contribution < -0.4 is 5.32 Å². The number of amides is 2. The number of benzene rings is 1. The van der Waals surface area contributed by atoms with Crippen molar-refractivity contribution in [1.29, 1.82) is 0 Å². The molecule has 0 spiro atoms. The average molecular weight is 366 g/mol. The zero-order valence-corrected chi connectivity index (χ0v) is 15.7. The Bertz CT molecular complexity index is 613. The number of hydrogen-bond donors (Lipinski definition) is 1. The van der Waals surface area contributed by atoms with Gasteiger partial charge < -0.3 is 10.2 Å². The minimum absolute atomic E-state index is 0. The molecule has 1 aromatic rings. The lowest BCUT2D eigenvalue weighted by Gasteiger charge is -2.34. The first-order valence-electron chi connectivity index (χ1n) is 9.07. The van der Waals surface area contributed by atoms with Crippen molar-refractivity contribution in [3.63, 3.8) is 0 Å². The molecule has 2 aliphatic rings. The van der Waals surface area contributed by atoms with Crippen molar-refractivity contribution < 1.29 is 9.59 Å². The molecule has 0 atom stereocenters. The van der Waals surface area contributed by atoms with Crippen molar-refractivity contribution in [1.82, 2.24) is 15.1 Å². The third kappa shape index (κ3) is 4.95. The van der Waals surface area contributed by atoms with E-state index in [1.165, 1.54) is 17.5 Å². The smallest absolute Gasteiger partial charge is 0.253 e.